The molecule has 2 aromatic rings. The van der Waals surface area contributed by atoms with Gasteiger partial charge in [-0.1, -0.05) is 0 Å². The lowest BCUT2D eigenvalue weighted by molar-refractivity contribution is -0.122. The van der Waals surface area contributed by atoms with Gasteiger partial charge in [0, 0.05) is 30.4 Å². The summed E-state index contributed by atoms with van der Waals surface area (Å²) in [6.45, 7) is 2.86. The van der Waals surface area contributed by atoms with E-state index in [1.165, 1.54) is 0 Å². The Morgan fingerprint density at radius 2 is 2.00 bits per heavy atom. The number of methoxy groups -OCH3 is 1. The van der Waals surface area contributed by atoms with Crippen LogP contribution in [-0.4, -0.2) is 32.1 Å². The van der Waals surface area contributed by atoms with E-state index in [1.807, 2.05) is 31.2 Å². The van der Waals surface area contributed by atoms with Crippen molar-refractivity contribution in [2.24, 2.45) is 5.92 Å². The van der Waals surface area contributed by atoms with Gasteiger partial charge in [-0.15, -0.1) is 0 Å². The van der Waals surface area contributed by atoms with Crippen LogP contribution in [0.5, 0.6) is 11.5 Å². The lowest BCUT2D eigenvalue weighted by atomic mass is 10.1. The molecule has 2 amide bonds. The summed E-state index contributed by atoms with van der Waals surface area (Å²) < 4.78 is 11.5. The second-order valence-corrected chi connectivity index (χ2v) is 7.03. The van der Waals surface area contributed by atoms with E-state index in [0.717, 1.165) is 15.9 Å². The number of hydrogen-bond donors (Lipinski definition) is 1. The Morgan fingerprint density at radius 3 is 2.67 bits per heavy atom. The van der Waals surface area contributed by atoms with Crippen LogP contribution in [0.4, 0.5) is 11.4 Å². The van der Waals surface area contributed by atoms with Crippen LogP contribution in [0.1, 0.15) is 13.3 Å². The lowest BCUT2D eigenvalue weighted by Crippen LogP contribution is -2.28. The molecular weight excluding hydrogens is 412 g/mol. The van der Waals surface area contributed by atoms with Crippen molar-refractivity contribution in [3.63, 3.8) is 0 Å². The second-order valence-electron chi connectivity index (χ2n) is 6.17. The zero-order valence-corrected chi connectivity index (χ0v) is 16.8. The van der Waals surface area contributed by atoms with Crippen molar-refractivity contribution >= 4 is 39.1 Å². The Labute approximate surface area is 166 Å². The fraction of sp³-hybridized carbons (Fsp3) is 0.300. The van der Waals surface area contributed by atoms with E-state index in [2.05, 4.69) is 21.2 Å². The highest BCUT2D eigenvalue weighted by atomic mass is 79.9. The van der Waals surface area contributed by atoms with E-state index < -0.39 is 5.92 Å². The predicted molar refractivity (Wildman–Crippen MR) is 107 cm³/mol. The minimum absolute atomic E-state index is 0.0623. The molecule has 1 atom stereocenters. The van der Waals surface area contributed by atoms with Crippen LogP contribution < -0.4 is 19.7 Å². The highest BCUT2D eigenvalue weighted by Crippen LogP contribution is 2.30. The molecular formula is C20H21BrN2O4. The first kappa shape index (κ1) is 19.2. The molecule has 1 heterocycles. The number of rotatable bonds is 6. The number of halogens is 1. The third kappa shape index (κ3) is 4.42. The largest absolute Gasteiger partial charge is 0.495 e. The number of nitrogens with one attached hydrogen (secondary N) is 1. The molecule has 1 aliphatic heterocycles. The van der Waals surface area contributed by atoms with Crippen LogP contribution in [0.25, 0.3) is 0 Å². The normalized spacial score (nSPS) is 16.3. The smallest absolute Gasteiger partial charge is 0.229 e. The van der Waals surface area contributed by atoms with Gasteiger partial charge in [-0.2, -0.15) is 0 Å². The number of carbonyl (C=O) groups is 2. The molecule has 142 valence electrons. The Balaban J connectivity index is 1.66. The van der Waals surface area contributed by atoms with Gasteiger partial charge in [0.1, 0.15) is 11.5 Å². The quantitative estimate of drug-likeness (QED) is 0.752. The predicted octanol–water partition coefficient (Wildman–Crippen LogP) is 3.85. The van der Waals surface area contributed by atoms with Crippen molar-refractivity contribution in [1.82, 2.24) is 0 Å². The van der Waals surface area contributed by atoms with Crippen molar-refractivity contribution < 1.29 is 19.1 Å². The fourth-order valence-corrected chi connectivity index (χ4v) is 3.41. The van der Waals surface area contributed by atoms with Crippen LogP contribution >= 0.6 is 15.9 Å². The first-order valence-electron chi connectivity index (χ1n) is 8.69. The molecule has 1 fully saturated rings. The summed E-state index contributed by atoms with van der Waals surface area (Å²) in [6.07, 6.45) is 0.187. The zero-order chi connectivity index (χ0) is 19.4. The standard InChI is InChI=1S/C20H21BrN2O4/c1-3-27-16-7-5-15(6-8-16)23-12-13(10-19(23)24)20(25)22-14-4-9-17(21)18(11-14)26-2/h4-9,11,13H,3,10,12H2,1-2H3,(H,22,25)/t13-/m1/s1. The molecule has 1 aliphatic rings. The average molecular weight is 433 g/mol. The molecule has 2 aromatic carbocycles. The Kier molecular flexibility index (Phi) is 6.01. The van der Waals surface area contributed by atoms with Crippen LogP contribution in [0.2, 0.25) is 0 Å². The SMILES string of the molecule is CCOc1ccc(N2C[C@H](C(=O)Nc3ccc(Br)c(OC)c3)CC2=O)cc1. The molecule has 0 radical (unpaired) electrons. The van der Waals surface area contributed by atoms with Gasteiger partial charge in [-0.25, -0.2) is 0 Å². The van der Waals surface area contributed by atoms with E-state index in [1.54, 1.807) is 30.2 Å². The zero-order valence-electron chi connectivity index (χ0n) is 15.2. The number of anilines is 2. The number of hydrogen-bond acceptors (Lipinski definition) is 4. The number of benzene rings is 2. The van der Waals surface area contributed by atoms with E-state index in [4.69, 9.17) is 9.47 Å². The molecule has 1 saturated heterocycles. The topological polar surface area (TPSA) is 67.9 Å². The molecule has 0 aromatic heterocycles. The summed E-state index contributed by atoms with van der Waals surface area (Å²) in [4.78, 5) is 26.6. The van der Waals surface area contributed by atoms with E-state index in [9.17, 15) is 9.59 Å². The molecule has 0 saturated carbocycles. The van der Waals surface area contributed by atoms with Crippen molar-refractivity contribution in [3.8, 4) is 11.5 Å². The Hall–Kier alpha value is -2.54. The van der Waals surface area contributed by atoms with Gasteiger partial charge in [0.2, 0.25) is 11.8 Å². The summed E-state index contributed by atoms with van der Waals surface area (Å²) in [6, 6.07) is 12.7. The average Bonchev–Trinajstić information content (AvgIpc) is 3.06. The molecule has 0 aliphatic carbocycles. The minimum atomic E-state index is -0.404. The molecule has 3 rings (SSSR count). The van der Waals surface area contributed by atoms with E-state index >= 15 is 0 Å². The van der Waals surface area contributed by atoms with Crippen LogP contribution in [-0.2, 0) is 9.59 Å². The van der Waals surface area contributed by atoms with Crippen molar-refractivity contribution in [2.75, 3.05) is 30.5 Å². The van der Waals surface area contributed by atoms with Crippen LogP contribution in [0.15, 0.2) is 46.9 Å². The van der Waals surface area contributed by atoms with Gasteiger partial charge in [0.25, 0.3) is 0 Å². The third-order valence-corrected chi connectivity index (χ3v) is 5.03. The summed E-state index contributed by atoms with van der Waals surface area (Å²) in [5.74, 6) is 0.741. The summed E-state index contributed by atoms with van der Waals surface area (Å²) >= 11 is 3.38. The Morgan fingerprint density at radius 1 is 1.26 bits per heavy atom. The number of amides is 2. The van der Waals surface area contributed by atoms with Gasteiger partial charge < -0.3 is 19.7 Å². The summed E-state index contributed by atoms with van der Waals surface area (Å²) in [7, 11) is 1.57. The highest BCUT2D eigenvalue weighted by Gasteiger charge is 2.35. The minimum Gasteiger partial charge on any atom is -0.495 e. The van der Waals surface area contributed by atoms with E-state index in [0.29, 0.717) is 24.6 Å². The third-order valence-electron chi connectivity index (χ3n) is 4.37. The van der Waals surface area contributed by atoms with E-state index in [-0.39, 0.29) is 18.2 Å². The maximum absolute atomic E-state index is 12.6. The molecule has 1 N–H and O–H groups in total. The summed E-state index contributed by atoms with van der Waals surface area (Å²) in [5.41, 5.74) is 1.40. The number of nitrogens with zero attached hydrogens (tertiary/aromatic N) is 1. The van der Waals surface area contributed by atoms with Gasteiger partial charge in [-0.3, -0.25) is 9.59 Å². The van der Waals surface area contributed by atoms with Gasteiger partial charge in [0.15, 0.2) is 0 Å². The van der Waals surface area contributed by atoms with Gasteiger partial charge >= 0.3 is 0 Å². The summed E-state index contributed by atoms with van der Waals surface area (Å²) in [5, 5.41) is 2.87. The van der Waals surface area contributed by atoms with Gasteiger partial charge in [-0.05, 0) is 59.3 Å². The van der Waals surface area contributed by atoms with Gasteiger partial charge in [0.05, 0.1) is 24.1 Å². The fourth-order valence-electron chi connectivity index (χ4n) is 3.00. The molecule has 0 bridgehead atoms. The molecule has 27 heavy (non-hydrogen) atoms. The van der Waals surface area contributed by atoms with Crippen molar-refractivity contribution in [3.05, 3.63) is 46.9 Å². The second kappa shape index (κ2) is 8.43. The first-order valence-corrected chi connectivity index (χ1v) is 9.48. The monoisotopic (exact) mass is 432 g/mol. The van der Waals surface area contributed by atoms with Crippen LogP contribution in [0.3, 0.4) is 0 Å². The maximum Gasteiger partial charge on any atom is 0.229 e. The Bertz CT molecular complexity index is 838. The highest BCUT2D eigenvalue weighted by molar-refractivity contribution is 9.10. The van der Waals surface area contributed by atoms with Crippen molar-refractivity contribution in [2.45, 2.75) is 13.3 Å². The van der Waals surface area contributed by atoms with Crippen LogP contribution in [0, 0.1) is 5.92 Å². The first-order chi connectivity index (χ1) is 13.0. The molecule has 0 unspecified atom stereocenters. The lowest BCUT2D eigenvalue weighted by Gasteiger charge is -2.17. The maximum atomic E-state index is 12.6. The number of carbonyl (C=O) groups excluding carboxylic acids is 2. The van der Waals surface area contributed by atoms with Crippen molar-refractivity contribution in [1.29, 1.82) is 0 Å². The molecule has 0 spiro atoms. The number of ether oxygens (including phenoxy) is 2. The molecule has 7 heteroatoms. The molecule has 6 nitrogen and oxygen atoms in total.